The van der Waals surface area contributed by atoms with E-state index in [1.165, 1.54) is 4.31 Å². The van der Waals surface area contributed by atoms with E-state index in [1.54, 1.807) is 24.5 Å². The van der Waals surface area contributed by atoms with Gasteiger partial charge < -0.3 is 16.5 Å². The van der Waals surface area contributed by atoms with Crippen molar-refractivity contribution in [2.45, 2.75) is 12.6 Å². The third kappa shape index (κ3) is 7.64. The second-order valence-electron chi connectivity index (χ2n) is 6.77. The molecular formula is C22H20F4LiNO4S-2. The summed E-state index contributed by atoms with van der Waals surface area (Å²) in [6, 6.07) is 7.44. The van der Waals surface area contributed by atoms with Crippen LogP contribution in [0.25, 0.3) is 0 Å². The summed E-state index contributed by atoms with van der Waals surface area (Å²) in [7, 11) is -3.29. The molecule has 0 saturated carbocycles. The van der Waals surface area contributed by atoms with Crippen molar-refractivity contribution in [1.82, 2.24) is 4.31 Å². The van der Waals surface area contributed by atoms with Crippen molar-refractivity contribution in [2.24, 2.45) is 5.92 Å². The normalized spacial score (nSPS) is 14.2. The Kier molecular flexibility index (Phi) is 10.2. The number of ether oxygens (including phenoxy) is 1. The first-order valence-electron chi connectivity index (χ1n) is 9.20. The number of sulfonamides is 1. The number of halogens is 4. The van der Waals surface area contributed by atoms with E-state index in [0.29, 0.717) is 29.9 Å². The minimum Gasteiger partial charge on any atom is -0.541 e. The van der Waals surface area contributed by atoms with Crippen LogP contribution in [0.1, 0.15) is 16.7 Å². The summed E-state index contributed by atoms with van der Waals surface area (Å²) in [5, 5.41) is 0.883. The van der Waals surface area contributed by atoms with Gasteiger partial charge in [-0.3, -0.25) is 6.29 Å². The molecule has 0 amide bonds. The third-order valence-electron chi connectivity index (χ3n) is 4.51. The second kappa shape index (κ2) is 11.7. The van der Waals surface area contributed by atoms with Crippen molar-refractivity contribution >= 4 is 16.3 Å². The smallest absolute Gasteiger partial charge is 0.541 e. The molecule has 174 valence electrons. The third-order valence-corrected chi connectivity index (χ3v) is 5.95. The van der Waals surface area contributed by atoms with Crippen LogP contribution < -0.4 is 23.6 Å². The number of nitrogens with zero attached hydrogens (tertiary/aromatic N) is 1. The van der Waals surface area contributed by atoms with Gasteiger partial charge >= 0.3 is 25.0 Å². The van der Waals surface area contributed by atoms with Crippen LogP contribution >= 0.6 is 0 Å². The summed E-state index contributed by atoms with van der Waals surface area (Å²) in [5.74, 6) is -1.26. The molecule has 0 N–H and O–H groups in total. The Morgan fingerprint density at radius 2 is 1.76 bits per heavy atom. The van der Waals surface area contributed by atoms with Crippen LogP contribution in [0.3, 0.4) is 0 Å². The van der Waals surface area contributed by atoms with Gasteiger partial charge in [-0.05, 0) is 31.3 Å². The SMILES string of the molecule is C=CS(=O)(=O)N1CC([C-]=O)C1.[CH2-]Cc1ccc(Oc2ccc(C(F)(F)F)c(F)c2)cc1[CH2-].[Li+]. The van der Waals surface area contributed by atoms with Crippen LogP contribution in [0.15, 0.2) is 48.4 Å². The molecule has 2 aromatic rings. The molecule has 0 bridgehead atoms. The molecule has 1 heterocycles. The molecular weight excluding hydrogens is 457 g/mol. The zero-order valence-corrected chi connectivity index (χ0v) is 18.7. The van der Waals surface area contributed by atoms with Gasteiger partial charge in [-0.1, -0.05) is 6.58 Å². The average molecular weight is 477 g/mol. The van der Waals surface area contributed by atoms with Crippen LogP contribution in [0, 0.1) is 25.6 Å². The van der Waals surface area contributed by atoms with Crippen LogP contribution in [-0.4, -0.2) is 32.1 Å². The molecule has 0 atom stereocenters. The minimum atomic E-state index is -4.72. The maximum absolute atomic E-state index is 13.4. The summed E-state index contributed by atoms with van der Waals surface area (Å²) in [5.41, 5.74) is 0.316. The molecule has 0 unspecified atom stereocenters. The van der Waals surface area contributed by atoms with Gasteiger partial charge in [-0.15, -0.1) is 18.1 Å². The summed E-state index contributed by atoms with van der Waals surface area (Å²) >= 11 is 0. The molecule has 5 nitrogen and oxygen atoms in total. The van der Waals surface area contributed by atoms with Crippen LogP contribution in [0.5, 0.6) is 11.5 Å². The Morgan fingerprint density at radius 3 is 2.21 bits per heavy atom. The molecule has 1 aliphatic heterocycles. The fourth-order valence-electron chi connectivity index (χ4n) is 2.66. The van der Waals surface area contributed by atoms with E-state index in [4.69, 9.17) is 4.74 Å². The number of hydrogen-bond donors (Lipinski definition) is 0. The zero-order valence-electron chi connectivity index (χ0n) is 17.9. The molecule has 0 spiro atoms. The molecule has 1 aliphatic rings. The van der Waals surface area contributed by atoms with Crippen LogP contribution in [0.4, 0.5) is 17.6 Å². The summed E-state index contributed by atoms with van der Waals surface area (Å²) in [6.45, 7) is 11.2. The summed E-state index contributed by atoms with van der Waals surface area (Å²) < 4.78 is 79.1. The van der Waals surface area contributed by atoms with Crippen molar-refractivity contribution < 1.29 is 54.4 Å². The van der Waals surface area contributed by atoms with Crippen molar-refractivity contribution in [1.29, 1.82) is 0 Å². The van der Waals surface area contributed by atoms with E-state index in [1.807, 2.05) is 0 Å². The Bertz CT molecular complexity index is 1080. The Hall–Kier alpha value is -2.25. The molecule has 2 aromatic carbocycles. The number of rotatable bonds is 6. The second-order valence-corrected chi connectivity index (χ2v) is 8.65. The van der Waals surface area contributed by atoms with Gasteiger partial charge in [-0.25, -0.2) is 23.5 Å². The van der Waals surface area contributed by atoms with Gasteiger partial charge in [0, 0.05) is 11.5 Å². The van der Waals surface area contributed by atoms with Gasteiger partial charge in [0.05, 0.1) is 11.3 Å². The summed E-state index contributed by atoms with van der Waals surface area (Å²) in [4.78, 5) is 9.98. The van der Waals surface area contributed by atoms with Gasteiger partial charge in [0.1, 0.15) is 11.6 Å². The minimum absolute atomic E-state index is 0. The fourth-order valence-corrected chi connectivity index (χ4v) is 3.65. The van der Waals surface area contributed by atoms with Crippen molar-refractivity contribution in [3.63, 3.8) is 0 Å². The van der Waals surface area contributed by atoms with E-state index >= 15 is 0 Å². The van der Waals surface area contributed by atoms with E-state index in [9.17, 15) is 30.8 Å². The number of carbonyl (C=O) groups excluding carboxylic acids is 1. The molecule has 33 heavy (non-hydrogen) atoms. The van der Waals surface area contributed by atoms with Crippen LogP contribution in [-0.2, 0) is 27.4 Å². The molecule has 0 aliphatic carbocycles. The number of hydrogen-bond acceptors (Lipinski definition) is 4. The Morgan fingerprint density at radius 1 is 1.18 bits per heavy atom. The van der Waals surface area contributed by atoms with Gasteiger partial charge in [0.15, 0.2) is 0 Å². The fraction of sp³-hybridized carbons (Fsp3) is 0.227. The average Bonchev–Trinajstić information content (AvgIpc) is 2.67. The number of alkyl halides is 3. The van der Waals surface area contributed by atoms with E-state index < -0.39 is 27.6 Å². The van der Waals surface area contributed by atoms with Crippen molar-refractivity contribution in [3.8, 4) is 11.5 Å². The first-order chi connectivity index (χ1) is 14.9. The quantitative estimate of drug-likeness (QED) is 0.361. The Labute approximate surface area is 202 Å². The number of benzene rings is 2. The standard InChI is InChI=1S/C16H12F4O.C6H8NO3S.Li/c1-3-11-4-5-12(8-10(11)2)21-13-6-7-14(15(17)9-13)16(18,19)20;1-2-11(9,10)7-3-6(4-7)5-8;/h4-9H,1-3H2;2,6H,1,3-4H2;/q-2;-1;+1. The molecule has 1 fully saturated rings. The predicted octanol–water partition coefficient (Wildman–Crippen LogP) is 1.70. The van der Waals surface area contributed by atoms with E-state index in [0.717, 1.165) is 17.0 Å². The van der Waals surface area contributed by atoms with Crippen molar-refractivity contribution in [2.75, 3.05) is 13.1 Å². The maximum Gasteiger partial charge on any atom is 1.00 e. The van der Waals surface area contributed by atoms with Gasteiger partial charge in [0.25, 0.3) is 0 Å². The molecule has 0 aromatic heterocycles. The summed E-state index contributed by atoms with van der Waals surface area (Å²) in [6.07, 6.45) is -2.42. The largest absolute Gasteiger partial charge is 1.00 e. The van der Waals surface area contributed by atoms with E-state index in [-0.39, 0.29) is 43.6 Å². The predicted molar refractivity (Wildman–Crippen MR) is 111 cm³/mol. The van der Waals surface area contributed by atoms with Gasteiger partial charge in [0.2, 0.25) is 10.0 Å². The monoisotopic (exact) mass is 477 g/mol. The van der Waals surface area contributed by atoms with Gasteiger partial charge in [-0.2, -0.15) is 31.2 Å². The van der Waals surface area contributed by atoms with E-state index in [2.05, 4.69) is 20.4 Å². The van der Waals surface area contributed by atoms with Crippen LogP contribution in [0.2, 0.25) is 0 Å². The maximum atomic E-state index is 13.4. The molecule has 3 rings (SSSR count). The first-order valence-corrected chi connectivity index (χ1v) is 10.7. The van der Waals surface area contributed by atoms with Crippen molar-refractivity contribution in [3.05, 3.63) is 84.7 Å². The molecule has 0 radical (unpaired) electrons. The zero-order chi connectivity index (χ0) is 24.1. The molecule has 1 saturated heterocycles. The first kappa shape index (κ1) is 28.8. The topological polar surface area (TPSA) is 63.7 Å². The molecule has 11 heteroatoms. The Balaban J connectivity index is 0.000000385.